The van der Waals surface area contributed by atoms with Crippen LogP contribution in [0.2, 0.25) is 0 Å². The van der Waals surface area contributed by atoms with Gasteiger partial charge >= 0.3 is 0 Å². The molecule has 0 aromatic heterocycles. The van der Waals surface area contributed by atoms with Gasteiger partial charge < -0.3 is 4.79 Å². The summed E-state index contributed by atoms with van der Waals surface area (Å²) in [5, 5.41) is 0. The summed E-state index contributed by atoms with van der Waals surface area (Å²) < 4.78 is 0. The predicted molar refractivity (Wildman–Crippen MR) is 39.3 cm³/mol. The van der Waals surface area contributed by atoms with Gasteiger partial charge in [0.15, 0.2) is 0 Å². The first-order valence-corrected chi connectivity index (χ1v) is 3.03. The molecule has 0 aromatic carbocycles. The molecule has 0 saturated heterocycles. The Bertz CT molecular complexity index is 123. The molecular weight excluding hydrogens is 112 g/mol. The fourth-order valence-electron chi connectivity index (χ4n) is 0.571. The third-order valence-corrected chi connectivity index (χ3v) is 1.06. The molecule has 0 N–H and O–H groups in total. The highest BCUT2D eigenvalue weighted by molar-refractivity contribution is 5.49. The summed E-state index contributed by atoms with van der Waals surface area (Å²) in [5.74, 6) is 0. The van der Waals surface area contributed by atoms with Crippen LogP contribution in [-0.4, -0.2) is 6.29 Å². The molecule has 0 rings (SSSR count). The van der Waals surface area contributed by atoms with E-state index in [1.54, 1.807) is 6.08 Å². The van der Waals surface area contributed by atoms with Crippen molar-refractivity contribution >= 4 is 6.29 Å². The van der Waals surface area contributed by atoms with Gasteiger partial charge in [-0.05, 0) is 13.3 Å². The van der Waals surface area contributed by atoms with E-state index in [0.29, 0.717) is 6.42 Å². The lowest BCUT2D eigenvalue weighted by atomic mass is 10.2. The predicted octanol–water partition coefficient (Wildman–Crippen LogP) is 2.10. The second-order valence-electron chi connectivity index (χ2n) is 1.95. The largest absolute Gasteiger partial charge is 0.303 e. The molecule has 1 heteroatoms. The number of allylic oxidation sites excluding steroid dienone is 3. The molecule has 0 bridgehead atoms. The number of aldehydes is 1. The average molecular weight is 124 g/mol. The van der Waals surface area contributed by atoms with E-state index < -0.39 is 0 Å². The summed E-state index contributed by atoms with van der Waals surface area (Å²) in [6.45, 7) is 5.54. The van der Waals surface area contributed by atoms with E-state index in [9.17, 15) is 4.79 Å². The lowest BCUT2D eigenvalue weighted by Crippen LogP contribution is -1.77. The van der Waals surface area contributed by atoms with Crippen molar-refractivity contribution in [2.75, 3.05) is 0 Å². The van der Waals surface area contributed by atoms with Crippen molar-refractivity contribution in [2.24, 2.45) is 0 Å². The standard InChI is InChI=1S/C8H12O/c1-3-5-8(2)6-4-7-9/h3,5,7H,1,4,6H2,2H3/b8-5+. The first-order valence-electron chi connectivity index (χ1n) is 3.03. The molecule has 0 atom stereocenters. The van der Waals surface area contributed by atoms with Crippen molar-refractivity contribution in [3.8, 4) is 0 Å². The quantitative estimate of drug-likeness (QED) is 0.414. The smallest absolute Gasteiger partial charge is 0.120 e. The van der Waals surface area contributed by atoms with Gasteiger partial charge in [0, 0.05) is 6.42 Å². The summed E-state index contributed by atoms with van der Waals surface area (Å²) >= 11 is 0. The van der Waals surface area contributed by atoms with Crippen molar-refractivity contribution in [3.63, 3.8) is 0 Å². The Hall–Kier alpha value is -0.850. The van der Waals surface area contributed by atoms with Crippen molar-refractivity contribution in [3.05, 3.63) is 24.3 Å². The van der Waals surface area contributed by atoms with E-state index in [4.69, 9.17) is 0 Å². The maximum atomic E-state index is 9.86. The first kappa shape index (κ1) is 8.15. The van der Waals surface area contributed by atoms with Crippen molar-refractivity contribution in [1.82, 2.24) is 0 Å². The Kier molecular flexibility index (Phi) is 4.79. The molecule has 0 radical (unpaired) electrons. The molecule has 1 nitrogen and oxygen atoms in total. The van der Waals surface area contributed by atoms with Crippen molar-refractivity contribution in [2.45, 2.75) is 19.8 Å². The summed E-state index contributed by atoms with van der Waals surface area (Å²) in [5.41, 5.74) is 1.21. The SMILES string of the molecule is C=C/C=C(\C)CCC=O. The molecule has 50 valence electrons. The third-order valence-electron chi connectivity index (χ3n) is 1.06. The Balaban J connectivity index is 3.47. The zero-order chi connectivity index (χ0) is 7.11. The molecule has 0 fully saturated rings. The van der Waals surface area contributed by atoms with Crippen molar-refractivity contribution in [1.29, 1.82) is 0 Å². The van der Waals surface area contributed by atoms with Gasteiger partial charge in [0.1, 0.15) is 6.29 Å². The van der Waals surface area contributed by atoms with Crippen LogP contribution in [0.25, 0.3) is 0 Å². The van der Waals surface area contributed by atoms with E-state index in [1.165, 1.54) is 5.57 Å². The van der Waals surface area contributed by atoms with E-state index in [0.717, 1.165) is 12.7 Å². The maximum absolute atomic E-state index is 9.86. The zero-order valence-electron chi connectivity index (χ0n) is 5.76. The molecule has 0 spiro atoms. The Morgan fingerprint density at radius 1 is 1.67 bits per heavy atom. The minimum Gasteiger partial charge on any atom is -0.303 e. The average Bonchev–Trinajstić information content (AvgIpc) is 1.85. The fourth-order valence-corrected chi connectivity index (χ4v) is 0.571. The van der Waals surface area contributed by atoms with Crippen LogP contribution in [0.15, 0.2) is 24.3 Å². The number of carbonyl (C=O) groups is 1. The zero-order valence-corrected chi connectivity index (χ0v) is 5.76. The topological polar surface area (TPSA) is 17.1 Å². The lowest BCUT2D eigenvalue weighted by molar-refractivity contribution is -0.107. The molecule has 0 saturated carbocycles. The summed E-state index contributed by atoms with van der Waals surface area (Å²) in [6, 6.07) is 0. The van der Waals surface area contributed by atoms with Crippen LogP contribution in [-0.2, 0) is 4.79 Å². The first-order chi connectivity index (χ1) is 4.31. The van der Waals surface area contributed by atoms with Crippen LogP contribution in [0, 0.1) is 0 Å². The van der Waals surface area contributed by atoms with E-state index in [1.807, 2.05) is 13.0 Å². The molecule has 0 aliphatic rings. The highest BCUT2D eigenvalue weighted by Gasteiger charge is 1.84. The van der Waals surface area contributed by atoms with Gasteiger partial charge in [-0.25, -0.2) is 0 Å². The minimum atomic E-state index is 0.621. The molecule has 0 aliphatic heterocycles. The fraction of sp³-hybridized carbons (Fsp3) is 0.375. The van der Waals surface area contributed by atoms with Crippen LogP contribution in [0.3, 0.4) is 0 Å². The summed E-state index contributed by atoms with van der Waals surface area (Å²) in [7, 11) is 0. The van der Waals surface area contributed by atoms with E-state index >= 15 is 0 Å². The van der Waals surface area contributed by atoms with Gasteiger partial charge in [0.05, 0.1) is 0 Å². The van der Waals surface area contributed by atoms with E-state index in [2.05, 4.69) is 6.58 Å². The minimum absolute atomic E-state index is 0.621. The summed E-state index contributed by atoms with van der Waals surface area (Å²) in [4.78, 5) is 9.86. The number of rotatable bonds is 4. The van der Waals surface area contributed by atoms with Crippen LogP contribution >= 0.6 is 0 Å². The van der Waals surface area contributed by atoms with Crippen molar-refractivity contribution < 1.29 is 4.79 Å². The molecule has 9 heavy (non-hydrogen) atoms. The van der Waals surface area contributed by atoms with Crippen LogP contribution < -0.4 is 0 Å². The molecule has 0 heterocycles. The highest BCUT2D eigenvalue weighted by atomic mass is 16.1. The maximum Gasteiger partial charge on any atom is 0.120 e. The Morgan fingerprint density at radius 2 is 2.33 bits per heavy atom. The normalized spacial score (nSPS) is 11.0. The molecular formula is C8H12O. The van der Waals surface area contributed by atoms with Gasteiger partial charge in [-0.15, -0.1) is 0 Å². The Labute approximate surface area is 56.1 Å². The monoisotopic (exact) mass is 124 g/mol. The molecule has 0 aliphatic carbocycles. The number of carbonyl (C=O) groups excluding carboxylic acids is 1. The Morgan fingerprint density at radius 3 is 2.78 bits per heavy atom. The molecule has 0 aromatic rings. The second kappa shape index (κ2) is 5.29. The van der Waals surface area contributed by atoms with Crippen LogP contribution in [0.1, 0.15) is 19.8 Å². The van der Waals surface area contributed by atoms with Gasteiger partial charge in [-0.1, -0.05) is 24.3 Å². The second-order valence-corrected chi connectivity index (χ2v) is 1.95. The number of hydrogen-bond donors (Lipinski definition) is 0. The van der Waals surface area contributed by atoms with E-state index in [-0.39, 0.29) is 0 Å². The van der Waals surface area contributed by atoms with Gasteiger partial charge in [0.2, 0.25) is 0 Å². The highest BCUT2D eigenvalue weighted by Crippen LogP contribution is 2.00. The van der Waals surface area contributed by atoms with Gasteiger partial charge in [0.25, 0.3) is 0 Å². The summed E-state index contributed by atoms with van der Waals surface area (Å²) in [6.07, 6.45) is 6.07. The van der Waals surface area contributed by atoms with Crippen LogP contribution in [0.5, 0.6) is 0 Å². The lowest BCUT2D eigenvalue weighted by Gasteiger charge is -1.91. The van der Waals surface area contributed by atoms with Gasteiger partial charge in [-0.3, -0.25) is 0 Å². The number of hydrogen-bond acceptors (Lipinski definition) is 1. The third kappa shape index (κ3) is 5.01. The van der Waals surface area contributed by atoms with Gasteiger partial charge in [-0.2, -0.15) is 0 Å². The van der Waals surface area contributed by atoms with Crippen LogP contribution in [0.4, 0.5) is 0 Å². The molecule has 0 unspecified atom stereocenters. The molecule has 0 amide bonds.